The lowest BCUT2D eigenvalue weighted by molar-refractivity contribution is 0.248. The molecule has 5 N–H and O–H groups in total. The van der Waals surface area contributed by atoms with Crippen LogP contribution in [0.4, 0.5) is 0 Å². The van der Waals surface area contributed by atoms with E-state index in [0.29, 0.717) is 6.61 Å². The van der Waals surface area contributed by atoms with E-state index in [1.54, 1.807) is 0 Å². The minimum atomic E-state index is -2.62. The molecule has 0 atom stereocenters. The van der Waals surface area contributed by atoms with Crippen LogP contribution >= 0.6 is 17.2 Å². The Bertz CT molecular complexity index is 169. The zero-order valence-electron chi connectivity index (χ0n) is 12.3. The van der Waals surface area contributed by atoms with Crippen LogP contribution in [-0.4, -0.2) is 31.1 Å². The lowest BCUT2D eigenvalue weighted by Crippen LogP contribution is -1.89. The first-order chi connectivity index (χ1) is 9.50. The van der Waals surface area contributed by atoms with Crippen molar-refractivity contribution >= 4 is 17.2 Å². The van der Waals surface area contributed by atoms with Gasteiger partial charge in [0.15, 0.2) is 0 Å². The minimum absolute atomic E-state index is 0.481. The van der Waals surface area contributed by atoms with Crippen LogP contribution in [0.1, 0.15) is 71.1 Å². The van der Waals surface area contributed by atoms with Crippen molar-refractivity contribution in [3.63, 3.8) is 0 Å². The van der Waals surface area contributed by atoms with Crippen molar-refractivity contribution in [3.8, 4) is 0 Å². The van der Waals surface area contributed by atoms with E-state index in [4.69, 9.17) is 24.5 Å². The molecule has 0 aromatic carbocycles. The van der Waals surface area contributed by atoms with Crippen LogP contribution in [0.15, 0.2) is 0 Å². The molecule has 20 heavy (non-hydrogen) atoms. The van der Waals surface area contributed by atoms with Gasteiger partial charge in [-0.25, -0.2) is 0 Å². The van der Waals surface area contributed by atoms with Crippen molar-refractivity contribution in [2.45, 2.75) is 71.1 Å². The van der Waals surface area contributed by atoms with Crippen LogP contribution in [0.3, 0.4) is 0 Å². The number of unbranched alkanes of at least 4 members (excludes halogenated alkanes) is 9. The topological polar surface area (TPSA) is 110 Å². The summed E-state index contributed by atoms with van der Waals surface area (Å²) in [6, 6.07) is 0. The Kier molecular flexibility index (Phi) is 22.5. The van der Waals surface area contributed by atoms with Crippen LogP contribution in [0, 0.1) is 0 Å². The summed E-state index contributed by atoms with van der Waals surface area (Å²) in [5.41, 5.74) is 0. The third-order valence-electron chi connectivity index (χ3n) is 2.70. The first kappa shape index (κ1) is 22.9. The smallest absolute Gasteiger partial charge is 0.327 e. The van der Waals surface area contributed by atoms with E-state index in [2.05, 4.69) is 11.4 Å². The highest BCUT2D eigenvalue weighted by Crippen LogP contribution is 2.24. The predicted octanol–water partition coefficient (Wildman–Crippen LogP) is 3.33. The SMILES string of the molecule is CCCCCCCCCCCCOP(O)O.OP(O)O. The predicted molar refractivity (Wildman–Crippen MR) is 82.7 cm³/mol. The van der Waals surface area contributed by atoms with Crippen LogP contribution in [0.25, 0.3) is 0 Å². The summed E-state index contributed by atoms with van der Waals surface area (Å²) < 4.78 is 4.69. The molecule has 0 aliphatic carbocycles. The number of hydrogen-bond donors (Lipinski definition) is 5. The van der Waals surface area contributed by atoms with E-state index in [-0.39, 0.29) is 0 Å². The third kappa shape index (κ3) is 31.2. The van der Waals surface area contributed by atoms with Gasteiger partial charge in [0.25, 0.3) is 0 Å². The molecular formula is C12H30O6P2. The second-order valence-electron chi connectivity index (χ2n) is 4.54. The maximum Gasteiger partial charge on any atom is 0.327 e. The Hall–Kier alpha value is 0.620. The van der Waals surface area contributed by atoms with Crippen molar-refractivity contribution in [2.24, 2.45) is 0 Å². The Morgan fingerprint density at radius 3 is 1.35 bits per heavy atom. The van der Waals surface area contributed by atoms with Gasteiger partial charge >= 0.3 is 17.2 Å². The molecule has 124 valence electrons. The highest BCUT2D eigenvalue weighted by Gasteiger charge is 1.97. The first-order valence-corrected chi connectivity index (χ1v) is 9.54. The minimum Gasteiger partial charge on any atom is -0.328 e. The monoisotopic (exact) mass is 332 g/mol. The fraction of sp³-hybridized carbons (Fsp3) is 1.00. The van der Waals surface area contributed by atoms with E-state index in [9.17, 15) is 0 Å². The average molecular weight is 332 g/mol. The lowest BCUT2D eigenvalue weighted by Gasteiger charge is -2.04. The molecule has 0 aliphatic heterocycles. The van der Waals surface area contributed by atoms with Crippen molar-refractivity contribution in [2.75, 3.05) is 6.61 Å². The van der Waals surface area contributed by atoms with Crippen molar-refractivity contribution in [1.82, 2.24) is 0 Å². The molecule has 0 heterocycles. The van der Waals surface area contributed by atoms with Crippen LogP contribution < -0.4 is 0 Å². The van der Waals surface area contributed by atoms with Gasteiger partial charge in [0.2, 0.25) is 0 Å². The van der Waals surface area contributed by atoms with Crippen molar-refractivity contribution < 1.29 is 29.0 Å². The zero-order valence-corrected chi connectivity index (χ0v) is 14.1. The van der Waals surface area contributed by atoms with Gasteiger partial charge in [-0.05, 0) is 6.42 Å². The van der Waals surface area contributed by atoms with Crippen molar-refractivity contribution in [1.29, 1.82) is 0 Å². The molecule has 8 heteroatoms. The maximum absolute atomic E-state index is 8.49. The Morgan fingerprint density at radius 2 is 1.00 bits per heavy atom. The third-order valence-corrected chi connectivity index (χ3v) is 3.12. The lowest BCUT2D eigenvalue weighted by atomic mass is 10.1. The molecule has 6 nitrogen and oxygen atoms in total. The first-order valence-electron chi connectivity index (χ1n) is 7.18. The number of hydrogen-bond acceptors (Lipinski definition) is 6. The van der Waals surface area contributed by atoms with Crippen LogP contribution in [0.2, 0.25) is 0 Å². The molecule has 0 radical (unpaired) electrons. The standard InChI is InChI=1S/C12H27O3P.H3O3P/c1-2-3-4-5-6-7-8-9-10-11-12-15-16(13)14;1-4(2)3/h13-14H,2-12H2,1H3;1-3H. The van der Waals surface area contributed by atoms with E-state index in [1.165, 1.54) is 51.4 Å². The van der Waals surface area contributed by atoms with Gasteiger partial charge in [0.05, 0.1) is 6.61 Å². The average Bonchev–Trinajstić information content (AvgIpc) is 2.35. The van der Waals surface area contributed by atoms with Gasteiger partial charge in [0.1, 0.15) is 0 Å². The molecule has 0 saturated carbocycles. The molecule has 0 aromatic heterocycles. The molecule has 0 rings (SSSR count). The van der Waals surface area contributed by atoms with Gasteiger partial charge in [-0.1, -0.05) is 64.7 Å². The Balaban J connectivity index is 0. The van der Waals surface area contributed by atoms with Crippen LogP contribution in [0.5, 0.6) is 0 Å². The van der Waals surface area contributed by atoms with Crippen molar-refractivity contribution in [3.05, 3.63) is 0 Å². The van der Waals surface area contributed by atoms with Gasteiger partial charge in [-0.2, -0.15) is 0 Å². The molecule has 0 aromatic rings. The van der Waals surface area contributed by atoms with E-state index in [0.717, 1.165) is 12.8 Å². The van der Waals surface area contributed by atoms with E-state index in [1.807, 2.05) is 0 Å². The molecular weight excluding hydrogens is 302 g/mol. The molecule has 0 amide bonds. The number of rotatable bonds is 12. The fourth-order valence-corrected chi connectivity index (χ4v) is 2.03. The van der Waals surface area contributed by atoms with Gasteiger partial charge in [0, 0.05) is 0 Å². The van der Waals surface area contributed by atoms with Gasteiger partial charge in [-0.3, -0.25) is 0 Å². The zero-order chi connectivity index (χ0) is 15.6. The quantitative estimate of drug-likeness (QED) is 0.277. The highest BCUT2D eigenvalue weighted by molar-refractivity contribution is 7.39. The summed E-state index contributed by atoms with van der Waals surface area (Å²) in [6.07, 6.45) is 12.8. The Labute approximate surface area is 124 Å². The van der Waals surface area contributed by atoms with E-state index >= 15 is 0 Å². The highest BCUT2D eigenvalue weighted by atomic mass is 31.2. The molecule has 0 bridgehead atoms. The Morgan fingerprint density at radius 1 is 0.650 bits per heavy atom. The molecule has 0 fully saturated rings. The second kappa shape index (κ2) is 19.6. The summed E-state index contributed by atoms with van der Waals surface area (Å²) in [7, 11) is -4.76. The second-order valence-corrected chi connectivity index (χ2v) is 5.84. The maximum atomic E-state index is 8.49. The largest absolute Gasteiger partial charge is 0.328 e. The molecule has 0 aliphatic rings. The van der Waals surface area contributed by atoms with Gasteiger partial charge in [-0.15, -0.1) is 0 Å². The summed E-state index contributed by atoms with van der Waals surface area (Å²) in [5.74, 6) is 0. The normalized spacial score (nSPS) is 10.8. The molecule has 0 saturated heterocycles. The summed E-state index contributed by atoms with van der Waals surface area (Å²) in [5, 5.41) is 0. The van der Waals surface area contributed by atoms with E-state index < -0.39 is 17.2 Å². The summed E-state index contributed by atoms with van der Waals surface area (Å²) in [4.78, 5) is 38.7. The molecule has 0 spiro atoms. The molecule has 0 unspecified atom stereocenters. The fourth-order valence-electron chi connectivity index (χ4n) is 1.74. The summed E-state index contributed by atoms with van der Waals surface area (Å²) >= 11 is 0. The van der Waals surface area contributed by atoms with Gasteiger partial charge < -0.3 is 29.0 Å². The summed E-state index contributed by atoms with van der Waals surface area (Å²) in [6.45, 7) is 2.72. The van der Waals surface area contributed by atoms with Crippen LogP contribution in [-0.2, 0) is 4.52 Å².